The number of benzene rings is 2. The van der Waals surface area contributed by atoms with Crippen LogP contribution in [0, 0.1) is 11.8 Å². The van der Waals surface area contributed by atoms with Gasteiger partial charge in [0, 0.05) is 25.6 Å². The highest BCUT2D eigenvalue weighted by molar-refractivity contribution is 7.89. The normalized spacial score (nSPS) is 24.9. The first-order valence-corrected chi connectivity index (χ1v) is 12.6. The Morgan fingerprint density at radius 3 is 2.37 bits per heavy atom. The minimum atomic E-state index is -3.41. The lowest BCUT2D eigenvalue weighted by atomic mass is 9.90. The van der Waals surface area contributed by atoms with Gasteiger partial charge in [-0.15, -0.1) is 0 Å². The van der Waals surface area contributed by atoms with Crippen molar-refractivity contribution in [3.63, 3.8) is 0 Å². The Morgan fingerprint density at radius 2 is 1.63 bits per heavy atom. The van der Waals surface area contributed by atoms with Crippen molar-refractivity contribution >= 4 is 15.6 Å². The van der Waals surface area contributed by atoms with Crippen molar-refractivity contribution in [2.75, 3.05) is 32.7 Å². The van der Waals surface area contributed by atoms with Crippen LogP contribution in [0.2, 0.25) is 0 Å². The molecule has 0 aromatic heterocycles. The van der Waals surface area contributed by atoms with E-state index in [9.17, 15) is 8.42 Å². The van der Waals surface area contributed by atoms with Gasteiger partial charge >= 0.3 is 0 Å². The van der Waals surface area contributed by atoms with E-state index in [1.807, 2.05) is 6.07 Å². The summed E-state index contributed by atoms with van der Waals surface area (Å²) in [4.78, 5) is 2.95. The van der Waals surface area contributed by atoms with Crippen molar-refractivity contribution in [2.45, 2.75) is 30.6 Å². The predicted octanol–water partition coefficient (Wildman–Crippen LogP) is 4.05. The number of sulfonamides is 1. The van der Waals surface area contributed by atoms with Crippen molar-refractivity contribution < 1.29 is 8.42 Å². The lowest BCUT2D eigenvalue weighted by molar-refractivity contribution is 0.343. The summed E-state index contributed by atoms with van der Waals surface area (Å²) in [7, 11) is -3.41. The first kappa shape index (κ1) is 20.0. The third-order valence-electron chi connectivity index (χ3n) is 7.03. The zero-order valence-corrected chi connectivity index (χ0v) is 18.2. The van der Waals surface area contributed by atoms with Crippen LogP contribution in [0.15, 0.2) is 65.6 Å². The number of nitrogens with zero attached hydrogens (tertiary/aromatic N) is 2. The molecule has 5 rings (SSSR count). The maximum absolute atomic E-state index is 13.0. The molecule has 2 fully saturated rings. The number of allylic oxidation sites excluding steroid dienone is 1. The van der Waals surface area contributed by atoms with E-state index in [2.05, 4.69) is 35.2 Å². The van der Waals surface area contributed by atoms with Crippen LogP contribution in [-0.4, -0.2) is 50.3 Å². The third-order valence-corrected chi connectivity index (χ3v) is 8.88. The molecule has 2 heterocycles. The van der Waals surface area contributed by atoms with Crippen LogP contribution in [0.25, 0.3) is 5.57 Å². The molecular weight excluding hydrogens is 392 g/mol. The number of hydrogen-bond donors (Lipinski definition) is 0. The average Bonchev–Trinajstić information content (AvgIpc) is 3.51. The monoisotopic (exact) mass is 422 g/mol. The van der Waals surface area contributed by atoms with E-state index in [0.717, 1.165) is 19.4 Å². The molecule has 0 unspecified atom stereocenters. The molecule has 2 aliphatic heterocycles. The summed E-state index contributed by atoms with van der Waals surface area (Å²) >= 11 is 0. The molecule has 0 radical (unpaired) electrons. The first-order valence-electron chi connectivity index (χ1n) is 11.2. The van der Waals surface area contributed by atoms with Gasteiger partial charge in [-0.3, -0.25) is 0 Å². The second-order valence-electron chi connectivity index (χ2n) is 8.89. The lowest BCUT2D eigenvalue weighted by Crippen LogP contribution is -2.29. The molecule has 2 aromatic carbocycles. The third kappa shape index (κ3) is 3.86. The molecule has 2 saturated heterocycles. The minimum Gasteiger partial charge on any atom is -0.303 e. The minimum absolute atomic E-state index is 0.305. The highest BCUT2D eigenvalue weighted by Gasteiger charge is 2.43. The molecule has 2 aromatic rings. The van der Waals surface area contributed by atoms with E-state index in [1.165, 1.54) is 42.6 Å². The smallest absolute Gasteiger partial charge is 0.243 e. The van der Waals surface area contributed by atoms with Crippen molar-refractivity contribution in [2.24, 2.45) is 11.8 Å². The van der Waals surface area contributed by atoms with E-state index in [1.54, 1.807) is 28.6 Å². The Hall–Kier alpha value is -1.95. The Morgan fingerprint density at radius 1 is 0.900 bits per heavy atom. The largest absolute Gasteiger partial charge is 0.303 e. The Bertz CT molecular complexity index is 1010. The van der Waals surface area contributed by atoms with E-state index in [4.69, 9.17) is 0 Å². The van der Waals surface area contributed by atoms with Gasteiger partial charge in [0.05, 0.1) is 4.90 Å². The van der Waals surface area contributed by atoms with Crippen LogP contribution in [0.5, 0.6) is 0 Å². The molecule has 158 valence electrons. The topological polar surface area (TPSA) is 40.6 Å². The van der Waals surface area contributed by atoms with Crippen molar-refractivity contribution in [3.05, 3.63) is 71.8 Å². The van der Waals surface area contributed by atoms with Crippen LogP contribution >= 0.6 is 0 Å². The second kappa shape index (κ2) is 8.29. The van der Waals surface area contributed by atoms with Gasteiger partial charge in [0.2, 0.25) is 10.0 Å². The van der Waals surface area contributed by atoms with E-state index < -0.39 is 10.0 Å². The molecule has 0 spiro atoms. The summed E-state index contributed by atoms with van der Waals surface area (Å²) in [6, 6.07) is 17.8. The molecule has 4 nitrogen and oxygen atoms in total. The van der Waals surface area contributed by atoms with Gasteiger partial charge in [0.25, 0.3) is 0 Å². The summed E-state index contributed by atoms with van der Waals surface area (Å²) < 4.78 is 27.8. The molecule has 2 atom stereocenters. The highest BCUT2D eigenvalue weighted by Crippen LogP contribution is 2.44. The molecule has 0 saturated carbocycles. The summed E-state index contributed by atoms with van der Waals surface area (Å²) in [5.41, 5.74) is 3.98. The van der Waals surface area contributed by atoms with Crippen molar-refractivity contribution in [1.29, 1.82) is 0 Å². The van der Waals surface area contributed by atoms with Crippen LogP contribution in [0.3, 0.4) is 0 Å². The SMILES string of the molecule is O=S(=O)(c1ccccc1)N1C[C@@H]2CC=C(c3ccc(CCN4CCCC4)cc3)[C@@H]2C1. The summed E-state index contributed by atoms with van der Waals surface area (Å²) in [5, 5.41) is 0. The summed E-state index contributed by atoms with van der Waals surface area (Å²) in [5.74, 6) is 0.701. The van der Waals surface area contributed by atoms with Gasteiger partial charge in [-0.05, 0) is 73.5 Å². The molecule has 0 amide bonds. The zero-order valence-electron chi connectivity index (χ0n) is 17.4. The molecule has 1 aliphatic carbocycles. The molecular formula is C25H30N2O2S. The molecule has 0 N–H and O–H groups in total. The Kier molecular flexibility index (Phi) is 5.52. The van der Waals surface area contributed by atoms with Crippen molar-refractivity contribution in [1.82, 2.24) is 9.21 Å². The van der Waals surface area contributed by atoms with Crippen LogP contribution in [0.4, 0.5) is 0 Å². The fourth-order valence-corrected chi connectivity index (χ4v) is 6.82. The quantitative estimate of drug-likeness (QED) is 0.705. The van der Waals surface area contributed by atoms with Crippen LogP contribution in [0.1, 0.15) is 30.4 Å². The van der Waals surface area contributed by atoms with E-state index in [-0.39, 0.29) is 0 Å². The van der Waals surface area contributed by atoms with Gasteiger partial charge in [0.15, 0.2) is 0 Å². The standard InChI is InChI=1S/C25H30N2O2S/c28-30(29,23-6-2-1-3-7-23)27-18-22-12-13-24(25(22)19-27)21-10-8-20(9-11-21)14-17-26-15-4-5-16-26/h1-3,6-11,13,22,25H,4-5,12,14-19H2/t22-,25+/m0/s1. The summed E-state index contributed by atoms with van der Waals surface area (Å²) in [6.07, 6.45) is 7.09. The lowest BCUT2D eigenvalue weighted by Gasteiger charge is -2.18. The molecule has 5 heteroatoms. The molecule has 30 heavy (non-hydrogen) atoms. The van der Waals surface area contributed by atoms with Gasteiger partial charge in [-0.1, -0.05) is 48.5 Å². The zero-order chi connectivity index (χ0) is 20.6. The van der Waals surface area contributed by atoms with E-state index >= 15 is 0 Å². The number of fused-ring (bicyclic) bond motifs is 1. The maximum atomic E-state index is 13.0. The summed E-state index contributed by atoms with van der Waals surface area (Å²) in [6.45, 7) is 4.85. The number of hydrogen-bond acceptors (Lipinski definition) is 3. The first-order chi connectivity index (χ1) is 14.6. The van der Waals surface area contributed by atoms with Gasteiger partial charge in [-0.2, -0.15) is 4.31 Å². The van der Waals surface area contributed by atoms with E-state index in [0.29, 0.717) is 29.8 Å². The van der Waals surface area contributed by atoms with Gasteiger partial charge in [0.1, 0.15) is 0 Å². The Labute approximate surface area is 180 Å². The highest BCUT2D eigenvalue weighted by atomic mass is 32.2. The van der Waals surface area contributed by atoms with Gasteiger partial charge in [-0.25, -0.2) is 8.42 Å². The predicted molar refractivity (Wildman–Crippen MR) is 121 cm³/mol. The van der Waals surface area contributed by atoms with Crippen LogP contribution in [-0.2, 0) is 16.4 Å². The molecule has 3 aliphatic rings. The number of rotatable bonds is 6. The molecule has 0 bridgehead atoms. The Balaban J connectivity index is 1.26. The van der Waals surface area contributed by atoms with Gasteiger partial charge < -0.3 is 4.90 Å². The maximum Gasteiger partial charge on any atom is 0.243 e. The second-order valence-corrected chi connectivity index (χ2v) is 10.8. The number of likely N-dealkylation sites (tertiary alicyclic amines) is 1. The van der Waals surface area contributed by atoms with Crippen LogP contribution < -0.4 is 0 Å². The fraction of sp³-hybridized carbons (Fsp3) is 0.440. The average molecular weight is 423 g/mol. The van der Waals surface area contributed by atoms with Crippen molar-refractivity contribution in [3.8, 4) is 0 Å². The fourth-order valence-electron chi connectivity index (χ4n) is 5.28.